The van der Waals surface area contributed by atoms with Crippen LogP contribution in [0.3, 0.4) is 0 Å². The third kappa shape index (κ3) is 5.09. The highest BCUT2D eigenvalue weighted by Gasteiger charge is 2.24. The highest BCUT2D eigenvalue weighted by atomic mass is 32.2. The number of carbonyl (C=O) groups is 1. The Morgan fingerprint density at radius 3 is 2.64 bits per heavy atom. The summed E-state index contributed by atoms with van der Waals surface area (Å²) in [5, 5.41) is 6.16. The van der Waals surface area contributed by atoms with Gasteiger partial charge in [0, 0.05) is 25.1 Å². The Labute approximate surface area is 149 Å². The summed E-state index contributed by atoms with van der Waals surface area (Å²) in [7, 11) is -0.650. The maximum Gasteiger partial charge on any atom is 0.221 e. The number of benzene rings is 1. The zero-order valence-electron chi connectivity index (χ0n) is 14.9. The molecule has 0 bridgehead atoms. The molecule has 2 rings (SSSR count). The Bertz CT molecular complexity index is 705. The van der Waals surface area contributed by atoms with E-state index in [1.807, 2.05) is 0 Å². The van der Waals surface area contributed by atoms with Crippen molar-refractivity contribution in [3.8, 4) is 11.5 Å². The molecule has 8 heteroatoms. The maximum atomic E-state index is 12.5. The molecule has 1 aromatic carbocycles. The number of sulfone groups is 1. The van der Waals surface area contributed by atoms with Gasteiger partial charge in [0.1, 0.15) is 0 Å². The quantitative estimate of drug-likeness (QED) is 0.743. The van der Waals surface area contributed by atoms with Crippen LogP contribution in [0.2, 0.25) is 0 Å². The van der Waals surface area contributed by atoms with E-state index in [0.29, 0.717) is 17.4 Å². The van der Waals surface area contributed by atoms with Crippen molar-refractivity contribution in [2.45, 2.75) is 30.7 Å². The van der Waals surface area contributed by atoms with Gasteiger partial charge in [0.05, 0.1) is 24.9 Å². The number of methoxy groups -OCH3 is 2. The number of hydrogen-bond acceptors (Lipinski definition) is 6. The lowest BCUT2D eigenvalue weighted by molar-refractivity contribution is -0.121. The average molecular weight is 370 g/mol. The van der Waals surface area contributed by atoms with E-state index < -0.39 is 9.84 Å². The first kappa shape index (κ1) is 19.5. The van der Waals surface area contributed by atoms with Crippen molar-refractivity contribution in [3.63, 3.8) is 0 Å². The van der Waals surface area contributed by atoms with Gasteiger partial charge >= 0.3 is 0 Å². The molecule has 0 aliphatic carbocycles. The fourth-order valence-electron chi connectivity index (χ4n) is 2.82. The van der Waals surface area contributed by atoms with Gasteiger partial charge in [0.25, 0.3) is 0 Å². The summed E-state index contributed by atoms with van der Waals surface area (Å²) in [5.41, 5.74) is 0. The van der Waals surface area contributed by atoms with Crippen LogP contribution in [0.25, 0.3) is 0 Å². The van der Waals surface area contributed by atoms with Gasteiger partial charge in [-0.15, -0.1) is 0 Å². The molecule has 2 unspecified atom stereocenters. The molecular formula is C17H26N2O5S. The number of nitrogens with one attached hydrogen (secondary N) is 2. The normalized spacial score (nSPS) is 20.8. The topological polar surface area (TPSA) is 93.7 Å². The zero-order chi connectivity index (χ0) is 18.4. The van der Waals surface area contributed by atoms with E-state index in [4.69, 9.17) is 9.47 Å². The Morgan fingerprint density at radius 2 is 2.00 bits per heavy atom. The van der Waals surface area contributed by atoms with Crippen LogP contribution in [0.5, 0.6) is 11.5 Å². The first-order valence-corrected chi connectivity index (χ1v) is 9.97. The first-order valence-electron chi connectivity index (χ1n) is 8.32. The smallest absolute Gasteiger partial charge is 0.221 e. The Morgan fingerprint density at radius 1 is 1.28 bits per heavy atom. The van der Waals surface area contributed by atoms with Crippen molar-refractivity contribution < 1.29 is 22.7 Å². The molecule has 140 valence electrons. The summed E-state index contributed by atoms with van der Waals surface area (Å²) in [4.78, 5) is 12.2. The monoisotopic (exact) mass is 370 g/mol. The summed E-state index contributed by atoms with van der Waals surface area (Å²) in [6.07, 6.45) is 0.925. The third-order valence-electron chi connectivity index (χ3n) is 4.49. The molecule has 2 N–H and O–H groups in total. The minimum Gasteiger partial charge on any atom is -0.493 e. The van der Waals surface area contributed by atoms with Crippen LogP contribution in [-0.4, -0.2) is 53.4 Å². The highest BCUT2D eigenvalue weighted by Crippen LogP contribution is 2.29. The van der Waals surface area contributed by atoms with Crippen molar-refractivity contribution in [2.75, 3.05) is 33.1 Å². The van der Waals surface area contributed by atoms with Gasteiger partial charge < -0.3 is 20.1 Å². The van der Waals surface area contributed by atoms with E-state index in [0.717, 1.165) is 19.5 Å². The van der Waals surface area contributed by atoms with Gasteiger partial charge in [-0.05, 0) is 31.0 Å². The van der Waals surface area contributed by atoms with Gasteiger partial charge in [-0.1, -0.05) is 6.92 Å². The van der Waals surface area contributed by atoms with Gasteiger partial charge in [0.15, 0.2) is 21.3 Å². The minimum absolute atomic E-state index is 0.0463. The van der Waals surface area contributed by atoms with Crippen LogP contribution in [0.15, 0.2) is 23.1 Å². The largest absolute Gasteiger partial charge is 0.493 e. The van der Waals surface area contributed by atoms with Crippen molar-refractivity contribution in [3.05, 3.63) is 18.2 Å². The standard InChI is InChI=1S/C17H26N2O5S/c1-12-6-8-18-11-14(12)19-17(20)7-9-25(21,22)13-4-5-15(23-2)16(10-13)24-3/h4-5,10,12,14,18H,6-9,11H2,1-3H3,(H,19,20). The lowest BCUT2D eigenvalue weighted by Gasteiger charge is -2.30. The second-order valence-electron chi connectivity index (χ2n) is 6.23. The van der Waals surface area contributed by atoms with E-state index in [-0.39, 0.29) is 29.0 Å². The lowest BCUT2D eigenvalue weighted by Crippen LogP contribution is -2.50. The molecule has 1 aliphatic rings. The molecule has 1 amide bonds. The number of hydrogen-bond donors (Lipinski definition) is 2. The second-order valence-corrected chi connectivity index (χ2v) is 8.34. The van der Waals surface area contributed by atoms with Crippen LogP contribution in [-0.2, 0) is 14.6 Å². The summed E-state index contributed by atoms with van der Waals surface area (Å²) >= 11 is 0. The van der Waals surface area contributed by atoms with Gasteiger partial charge in [0.2, 0.25) is 5.91 Å². The minimum atomic E-state index is -3.58. The molecule has 0 aromatic heterocycles. The van der Waals surface area contributed by atoms with Crippen molar-refractivity contribution in [1.29, 1.82) is 0 Å². The molecule has 0 radical (unpaired) electrons. The van der Waals surface area contributed by atoms with Crippen molar-refractivity contribution >= 4 is 15.7 Å². The van der Waals surface area contributed by atoms with Crippen LogP contribution < -0.4 is 20.1 Å². The fourth-order valence-corrected chi connectivity index (χ4v) is 4.07. The van der Waals surface area contributed by atoms with Gasteiger partial charge in [-0.2, -0.15) is 0 Å². The Kier molecular flexibility index (Phi) is 6.66. The van der Waals surface area contributed by atoms with E-state index in [2.05, 4.69) is 17.6 Å². The predicted molar refractivity (Wildman–Crippen MR) is 94.8 cm³/mol. The van der Waals surface area contributed by atoms with Gasteiger partial charge in [-0.3, -0.25) is 4.79 Å². The van der Waals surface area contributed by atoms with E-state index in [1.54, 1.807) is 6.07 Å². The molecule has 1 fully saturated rings. The predicted octanol–water partition coefficient (Wildman–Crippen LogP) is 0.982. The van der Waals surface area contributed by atoms with Crippen LogP contribution >= 0.6 is 0 Å². The summed E-state index contributed by atoms with van der Waals surface area (Å²) in [5.74, 6) is 0.688. The van der Waals surface area contributed by atoms with E-state index in [9.17, 15) is 13.2 Å². The fraction of sp³-hybridized carbons (Fsp3) is 0.588. The summed E-state index contributed by atoms with van der Waals surface area (Å²) < 4.78 is 35.2. The van der Waals surface area contributed by atoms with Crippen LogP contribution in [0.1, 0.15) is 19.8 Å². The van der Waals surface area contributed by atoms with Crippen molar-refractivity contribution in [2.24, 2.45) is 5.92 Å². The second kappa shape index (κ2) is 8.53. The Balaban J connectivity index is 1.97. The third-order valence-corrected chi connectivity index (χ3v) is 6.20. The zero-order valence-corrected chi connectivity index (χ0v) is 15.7. The average Bonchev–Trinajstić information content (AvgIpc) is 2.61. The number of amides is 1. The summed E-state index contributed by atoms with van der Waals surface area (Å²) in [6, 6.07) is 4.47. The SMILES string of the molecule is COc1ccc(S(=O)(=O)CCC(=O)NC2CNCCC2C)cc1OC. The molecule has 1 aliphatic heterocycles. The molecule has 1 saturated heterocycles. The molecule has 1 aromatic rings. The number of ether oxygens (including phenoxy) is 2. The molecule has 1 heterocycles. The van der Waals surface area contributed by atoms with E-state index >= 15 is 0 Å². The molecule has 2 atom stereocenters. The summed E-state index contributed by atoms with van der Waals surface area (Å²) in [6.45, 7) is 3.75. The molecular weight excluding hydrogens is 344 g/mol. The molecule has 0 spiro atoms. The van der Waals surface area contributed by atoms with Crippen molar-refractivity contribution in [1.82, 2.24) is 10.6 Å². The Hall–Kier alpha value is -1.80. The number of rotatable bonds is 7. The van der Waals surface area contributed by atoms with Crippen LogP contribution in [0.4, 0.5) is 0 Å². The molecule has 25 heavy (non-hydrogen) atoms. The number of carbonyl (C=O) groups excluding carboxylic acids is 1. The number of piperidine rings is 1. The van der Waals surface area contributed by atoms with E-state index in [1.165, 1.54) is 26.4 Å². The molecule has 0 saturated carbocycles. The van der Waals surface area contributed by atoms with Crippen LogP contribution in [0, 0.1) is 5.92 Å². The lowest BCUT2D eigenvalue weighted by atomic mass is 9.95. The first-order chi connectivity index (χ1) is 11.9. The van der Waals surface area contributed by atoms with Gasteiger partial charge in [-0.25, -0.2) is 8.42 Å². The highest BCUT2D eigenvalue weighted by molar-refractivity contribution is 7.91. The molecule has 7 nitrogen and oxygen atoms in total. The maximum absolute atomic E-state index is 12.5.